The number of esters is 1. The van der Waals surface area contributed by atoms with E-state index in [9.17, 15) is 4.79 Å². The van der Waals surface area contributed by atoms with Crippen LogP contribution in [0.2, 0.25) is 0 Å². The molecule has 0 radical (unpaired) electrons. The highest BCUT2D eigenvalue weighted by molar-refractivity contribution is 5.82. The Kier molecular flexibility index (Phi) is 2.54. The number of aromatic nitrogens is 4. The molecule has 2 aromatic rings. The van der Waals surface area contributed by atoms with Crippen LogP contribution < -0.4 is 11.1 Å². The van der Waals surface area contributed by atoms with Crippen molar-refractivity contribution in [1.82, 2.24) is 19.9 Å². The molecule has 2 heterocycles. The van der Waals surface area contributed by atoms with Gasteiger partial charge >= 0.3 is 5.97 Å². The van der Waals surface area contributed by atoms with Gasteiger partial charge in [-0.1, -0.05) is 0 Å². The molecule has 16 heavy (non-hydrogen) atoms. The second kappa shape index (κ2) is 4.01. The van der Waals surface area contributed by atoms with Gasteiger partial charge in [0.1, 0.15) is 12.1 Å². The maximum absolute atomic E-state index is 10.9. The third kappa shape index (κ3) is 1.85. The summed E-state index contributed by atoms with van der Waals surface area (Å²) in [5.74, 6) is 0.0988. The molecular weight excluding hydrogens is 212 g/mol. The number of fused-ring (bicyclic) bond motifs is 1. The highest BCUT2D eigenvalue weighted by Crippen LogP contribution is 2.14. The van der Waals surface area contributed by atoms with E-state index in [2.05, 4.69) is 30.0 Å². The monoisotopic (exact) mass is 222 g/mol. The van der Waals surface area contributed by atoms with E-state index in [1.807, 2.05) is 0 Å². The quantitative estimate of drug-likeness (QED) is 0.600. The zero-order valence-corrected chi connectivity index (χ0v) is 8.52. The number of imidazole rings is 1. The number of ether oxygens (including phenoxy) is 1. The third-order valence-corrected chi connectivity index (χ3v) is 1.93. The molecule has 0 amide bonds. The molecular formula is C8H10N6O2. The molecule has 0 aliphatic rings. The largest absolute Gasteiger partial charge is 0.468 e. The van der Waals surface area contributed by atoms with Gasteiger partial charge in [0, 0.05) is 0 Å². The van der Waals surface area contributed by atoms with Gasteiger partial charge < -0.3 is 20.8 Å². The molecule has 0 aliphatic carbocycles. The minimum absolute atomic E-state index is 0.0220. The fraction of sp³-hybridized carbons (Fsp3) is 0.250. The van der Waals surface area contributed by atoms with E-state index in [1.54, 1.807) is 0 Å². The molecule has 8 nitrogen and oxygen atoms in total. The van der Waals surface area contributed by atoms with E-state index in [1.165, 1.54) is 13.4 Å². The van der Waals surface area contributed by atoms with Gasteiger partial charge in [-0.05, 0) is 0 Å². The summed E-state index contributed by atoms with van der Waals surface area (Å²) in [6.07, 6.45) is 1.47. The van der Waals surface area contributed by atoms with E-state index in [0.29, 0.717) is 11.2 Å². The zero-order chi connectivity index (χ0) is 11.5. The Labute approximate surface area is 90.2 Å². The molecule has 0 bridgehead atoms. The first-order chi connectivity index (χ1) is 7.70. The van der Waals surface area contributed by atoms with Gasteiger partial charge in [-0.3, -0.25) is 4.79 Å². The van der Waals surface area contributed by atoms with Crippen molar-refractivity contribution in [2.24, 2.45) is 0 Å². The predicted molar refractivity (Wildman–Crippen MR) is 56.6 cm³/mol. The van der Waals surface area contributed by atoms with Crippen molar-refractivity contribution in [3.63, 3.8) is 0 Å². The Hall–Kier alpha value is -2.38. The summed E-state index contributed by atoms with van der Waals surface area (Å²) >= 11 is 0. The second-order valence-corrected chi connectivity index (χ2v) is 2.96. The summed E-state index contributed by atoms with van der Waals surface area (Å²) in [5, 5.41) is 2.69. The second-order valence-electron chi connectivity index (χ2n) is 2.96. The first-order valence-corrected chi connectivity index (χ1v) is 4.48. The van der Waals surface area contributed by atoms with Crippen molar-refractivity contribution >= 4 is 28.9 Å². The van der Waals surface area contributed by atoms with Crippen LogP contribution in [0, 0.1) is 0 Å². The number of rotatable bonds is 3. The van der Waals surface area contributed by atoms with Crippen LogP contribution in [0.4, 0.5) is 11.8 Å². The van der Waals surface area contributed by atoms with E-state index >= 15 is 0 Å². The number of carbonyl (C=O) groups is 1. The lowest BCUT2D eigenvalue weighted by atomic mass is 10.5. The highest BCUT2D eigenvalue weighted by Gasteiger charge is 2.08. The van der Waals surface area contributed by atoms with Gasteiger partial charge in [0.05, 0.1) is 13.4 Å². The van der Waals surface area contributed by atoms with Crippen molar-refractivity contribution in [3.05, 3.63) is 6.33 Å². The van der Waals surface area contributed by atoms with Crippen LogP contribution in [0.15, 0.2) is 6.33 Å². The number of nitrogens with two attached hydrogens (primary N) is 1. The molecule has 0 spiro atoms. The van der Waals surface area contributed by atoms with Gasteiger partial charge in [0.15, 0.2) is 11.5 Å². The first-order valence-electron chi connectivity index (χ1n) is 4.48. The van der Waals surface area contributed by atoms with Gasteiger partial charge in [0.2, 0.25) is 5.95 Å². The lowest BCUT2D eigenvalue weighted by molar-refractivity contribution is -0.138. The number of aromatic amines is 1. The maximum atomic E-state index is 10.9. The predicted octanol–water partition coefficient (Wildman–Crippen LogP) is -0.480. The number of nitrogens with zero attached hydrogens (tertiary/aromatic N) is 3. The lowest BCUT2D eigenvalue weighted by Crippen LogP contribution is -2.17. The Balaban J connectivity index is 2.21. The van der Waals surface area contributed by atoms with Crippen molar-refractivity contribution in [1.29, 1.82) is 0 Å². The summed E-state index contributed by atoms with van der Waals surface area (Å²) in [6, 6.07) is 0. The number of hydrogen-bond donors (Lipinski definition) is 3. The Morgan fingerprint density at radius 2 is 2.44 bits per heavy atom. The molecule has 0 unspecified atom stereocenters. The number of nitrogen functional groups attached to an aromatic ring is 1. The molecule has 84 valence electrons. The van der Waals surface area contributed by atoms with Gasteiger partial charge in [-0.2, -0.15) is 9.97 Å². The molecule has 0 saturated heterocycles. The first kappa shape index (κ1) is 10.1. The van der Waals surface area contributed by atoms with Crippen molar-refractivity contribution in [2.75, 3.05) is 24.7 Å². The number of hydrogen-bond acceptors (Lipinski definition) is 7. The minimum atomic E-state index is -0.413. The van der Waals surface area contributed by atoms with Crippen LogP contribution in [0.1, 0.15) is 0 Å². The highest BCUT2D eigenvalue weighted by atomic mass is 16.5. The Morgan fingerprint density at radius 1 is 1.62 bits per heavy atom. The van der Waals surface area contributed by atoms with Crippen LogP contribution in [-0.2, 0) is 9.53 Å². The smallest absolute Gasteiger partial charge is 0.325 e. The molecule has 4 N–H and O–H groups in total. The minimum Gasteiger partial charge on any atom is -0.468 e. The van der Waals surface area contributed by atoms with Crippen LogP contribution in [0.5, 0.6) is 0 Å². The summed E-state index contributed by atoms with van der Waals surface area (Å²) in [4.78, 5) is 25.7. The lowest BCUT2D eigenvalue weighted by Gasteiger charge is -2.03. The van der Waals surface area contributed by atoms with Crippen molar-refractivity contribution in [2.45, 2.75) is 0 Å². The molecule has 0 fully saturated rings. The van der Waals surface area contributed by atoms with E-state index < -0.39 is 5.97 Å². The number of carbonyl (C=O) groups excluding carboxylic acids is 1. The average Bonchev–Trinajstić information content (AvgIpc) is 2.74. The molecule has 0 atom stereocenters. The number of methoxy groups -OCH3 is 1. The normalized spacial score (nSPS) is 10.3. The molecule has 0 saturated carbocycles. The van der Waals surface area contributed by atoms with Crippen LogP contribution >= 0.6 is 0 Å². The van der Waals surface area contributed by atoms with Gasteiger partial charge in [0.25, 0.3) is 0 Å². The van der Waals surface area contributed by atoms with E-state index in [0.717, 1.165) is 0 Å². The van der Waals surface area contributed by atoms with Crippen LogP contribution in [0.3, 0.4) is 0 Å². The maximum Gasteiger partial charge on any atom is 0.325 e. The van der Waals surface area contributed by atoms with Gasteiger partial charge in [-0.25, -0.2) is 4.98 Å². The standard InChI is InChI=1S/C8H10N6O2/c1-16-4(15)2-10-8-13-6(9)5-7(14-8)12-3-11-5/h3H,2H2,1H3,(H4,9,10,11,12,13,14). The summed E-state index contributed by atoms with van der Waals surface area (Å²) < 4.78 is 4.46. The number of nitrogens with one attached hydrogen (secondary N) is 2. The molecule has 2 rings (SSSR count). The summed E-state index contributed by atoms with van der Waals surface area (Å²) in [7, 11) is 1.30. The SMILES string of the molecule is COC(=O)CNc1nc(N)c2[nH]cnc2n1. The van der Waals surface area contributed by atoms with Crippen LogP contribution in [-0.4, -0.2) is 39.6 Å². The van der Waals surface area contributed by atoms with Crippen LogP contribution in [0.25, 0.3) is 11.2 Å². The molecule has 8 heteroatoms. The number of H-pyrrole nitrogens is 1. The summed E-state index contributed by atoms with van der Waals surface area (Å²) in [6.45, 7) is -0.0220. The Morgan fingerprint density at radius 3 is 3.19 bits per heavy atom. The fourth-order valence-electron chi connectivity index (χ4n) is 1.16. The molecule has 0 aromatic carbocycles. The van der Waals surface area contributed by atoms with E-state index in [4.69, 9.17) is 5.73 Å². The van der Waals surface area contributed by atoms with Crippen molar-refractivity contribution < 1.29 is 9.53 Å². The summed E-state index contributed by atoms with van der Waals surface area (Å²) in [5.41, 5.74) is 6.68. The number of anilines is 2. The van der Waals surface area contributed by atoms with Crippen molar-refractivity contribution in [3.8, 4) is 0 Å². The molecule has 0 aliphatic heterocycles. The third-order valence-electron chi connectivity index (χ3n) is 1.93. The van der Waals surface area contributed by atoms with E-state index in [-0.39, 0.29) is 18.3 Å². The Bertz CT molecular complexity index is 522. The zero-order valence-electron chi connectivity index (χ0n) is 8.52. The van der Waals surface area contributed by atoms with Gasteiger partial charge in [-0.15, -0.1) is 0 Å². The average molecular weight is 222 g/mol. The molecule has 2 aromatic heterocycles. The fourth-order valence-corrected chi connectivity index (χ4v) is 1.16. The topological polar surface area (TPSA) is 119 Å².